The van der Waals surface area contributed by atoms with E-state index in [1.54, 1.807) is 24.3 Å². The Bertz CT molecular complexity index is 523. The summed E-state index contributed by atoms with van der Waals surface area (Å²) in [4.78, 5) is 10.8. The number of benzene rings is 1. The Kier molecular flexibility index (Phi) is 3.20. The van der Waals surface area contributed by atoms with E-state index >= 15 is 0 Å². The van der Waals surface area contributed by atoms with E-state index in [-0.39, 0.29) is 6.61 Å². The molecule has 7 heteroatoms. The van der Waals surface area contributed by atoms with Gasteiger partial charge in [0.25, 0.3) is 0 Å². The maximum absolute atomic E-state index is 10.8. The molecule has 0 radical (unpaired) electrons. The summed E-state index contributed by atoms with van der Waals surface area (Å²) >= 11 is 1.12. The van der Waals surface area contributed by atoms with Crippen molar-refractivity contribution >= 4 is 22.4 Å². The number of nitrogens with two attached hydrogens (primary N) is 2. The van der Waals surface area contributed by atoms with Gasteiger partial charge in [-0.1, -0.05) is 4.49 Å². The first-order valence-corrected chi connectivity index (χ1v) is 5.53. The molecule has 1 heterocycles. The van der Waals surface area contributed by atoms with Crippen LogP contribution in [0.3, 0.4) is 0 Å². The topological polar surface area (TPSA) is 104 Å². The molecule has 1 aromatic heterocycles. The van der Waals surface area contributed by atoms with Crippen molar-refractivity contribution in [3.05, 3.63) is 35.5 Å². The van der Waals surface area contributed by atoms with Crippen LogP contribution in [-0.4, -0.2) is 15.5 Å². The number of hydrogen-bond donors (Lipinski definition) is 2. The van der Waals surface area contributed by atoms with Crippen molar-refractivity contribution in [3.63, 3.8) is 0 Å². The summed E-state index contributed by atoms with van der Waals surface area (Å²) in [5.74, 6) is 0.145. The minimum absolute atomic E-state index is 0.248. The molecular weight excluding hydrogens is 240 g/mol. The Labute approximate surface area is 101 Å². The molecule has 6 nitrogen and oxygen atoms in total. The van der Waals surface area contributed by atoms with E-state index in [0.717, 1.165) is 11.5 Å². The van der Waals surface area contributed by atoms with Gasteiger partial charge in [0.1, 0.15) is 23.1 Å². The van der Waals surface area contributed by atoms with Crippen molar-refractivity contribution in [2.45, 2.75) is 6.61 Å². The molecule has 88 valence electrons. The summed E-state index contributed by atoms with van der Waals surface area (Å²) in [6.45, 7) is 0.248. The third kappa shape index (κ3) is 2.70. The van der Waals surface area contributed by atoms with Crippen LogP contribution in [0.5, 0.6) is 5.75 Å². The molecule has 1 amide bonds. The number of nitrogens with zero attached hydrogens (tertiary/aromatic N) is 2. The van der Waals surface area contributed by atoms with Crippen LogP contribution in [0.4, 0.5) is 5.00 Å². The summed E-state index contributed by atoms with van der Waals surface area (Å²) < 4.78 is 9.13. The summed E-state index contributed by atoms with van der Waals surface area (Å²) in [5.41, 5.74) is 11.8. The van der Waals surface area contributed by atoms with Crippen molar-refractivity contribution in [3.8, 4) is 5.75 Å². The summed E-state index contributed by atoms with van der Waals surface area (Å²) in [6.07, 6.45) is 0. The van der Waals surface area contributed by atoms with Crippen LogP contribution in [-0.2, 0) is 6.61 Å². The third-order valence-corrected chi connectivity index (χ3v) is 2.70. The Morgan fingerprint density at radius 3 is 2.59 bits per heavy atom. The standard InChI is InChI=1S/C10H10N4O2S/c11-9(15)6-1-3-7(4-2-6)16-5-8-10(12)17-14-13-8/h1-4H,5,12H2,(H2,11,15). The lowest BCUT2D eigenvalue weighted by Crippen LogP contribution is -2.10. The van der Waals surface area contributed by atoms with Crippen molar-refractivity contribution in [1.29, 1.82) is 0 Å². The predicted molar refractivity (Wildman–Crippen MR) is 63.6 cm³/mol. The van der Waals surface area contributed by atoms with Gasteiger partial charge in [0.15, 0.2) is 0 Å². The molecule has 0 aliphatic heterocycles. The highest BCUT2D eigenvalue weighted by atomic mass is 32.1. The molecule has 0 aliphatic carbocycles. The molecule has 0 atom stereocenters. The van der Waals surface area contributed by atoms with E-state index in [1.165, 1.54) is 0 Å². The normalized spacial score (nSPS) is 10.1. The van der Waals surface area contributed by atoms with Crippen LogP contribution in [0.1, 0.15) is 16.1 Å². The molecule has 2 rings (SSSR count). The summed E-state index contributed by atoms with van der Waals surface area (Å²) in [7, 11) is 0. The first-order valence-electron chi connectivity index (χ1n) is 4.76. The summed E-state index contributed by atoms with van der Waals surface area (Å²) in [6, 6.07) is 6.52. The Hall–Kier alpha value is -2.15. The van der Waals surface area contributed by atoms with Crippen LogP contribution in [0.2, 0.25) is 0 Å². The van der Waals surface area contributed by atoms with E-state index in [2.05, 4.69) is 9.59 Å². The van der Waals surface area contributed by atoms with E-state index in [9.17, 15) is 4.79 Å². The van der Waals surface area contributed by atoms with Gasteiger partial charge in [-0.05, 0) is 24.3 Å². The van der Waals surface area contributed by atoms with Crippen LogP contribution in [0.25, 0.3) is 0 Å². The number of aromatic nitrogens is 2. The molecular formula is C10H10N4O2S. The third-order valence-electron chi connectivity index (χ3n) is 2.10. The van der Waals surface area contributed by atoms with Crippen molar-refractivity contribution < 1.29 is 9.53 Å². The van der Waals surface area contributed by atoms with Gasteiger partial charge < -0.3 is 16.2 Å². The van der Waals surface area contributed by atoms with Crippen LogP contribution in [0, 0.1) is 0 Å². The fourth-order valence-electron chi connectivity index (χ4n) is 1.18. The van der Waals surface area contributed by atoms with Gasteiger partial charge in [0.05, 0.1) is 0 Å². The van der Waals surface area contributed by atoms with Gasteiger partial charge in [-0.3, -0.25) is 4.79 Å². The monoisotopic (exact) mass is 250 g/mol. The fraction of sp³-hybridized carbons (Fsp3) is 0.100. The number of anilines is 1. The number of rotatable bonds is 4. The quantitative estimate of drug-likeness (QED) is 0.835. The molecule has 0 aliphatic rings. The van der Waals surface area contributed by atoms with Crippen LogP contribution >= 0.6 is 11.5 Å². The number of ether oxygens (including phenoxy) is 1. The van der Waals surface area contributed by atoms with Crippen molar-refractivity contribution in [2.75, 3.05) is 5.73 Å². The van der Waals surface area contributed by atoms with E-state index < -0.39 is 5.91 Å². The first-order chi connectivity index (χ1) is 8.16. The fourth-order valence-corrected chi connectivity index (χ4v) is 1.62. The highest BCUT2D eigenvalue weighted by Crippen LogP contribution is 2.17. The van der Waals surface area contributed by atoms with Gasteiger partial charge in [-0.25, -0.2) is 0 Å². The zero-order chi connectivity index (χ0) is 12.3. The lowest BCUT2D eigenvalue weighted by molar-refractivity contribution is 0.100. The average Bonchev–Trinajstić information content (AvgIpc) is 2.73. The second kappa shape index (κ2) is 4.79. The molecule has 2 aromatic rings. The lowest BCUT2D eigenvalue weighted by atomic mass is 10.2. The number of nitrogen functional groups attached to an aromatic ring is 1. The first kappa shape index (κ1) is 11.3. The SMILES string of the molecule is NC(=O)c1ccc(OCc2nnsc2N)cc1. The second-order valence-corrected chi connectivity index (χ2v) is 4.05. The average molecular weight is 250 g/mol. The van der Waals surface area contributed by atoms with E-state index in [4.69, 9.17) is 16.2 Å². The Balaban J connectivity index is 2.00. The molecule has 4 N–H and O–H groups in total. The minimum atomic E-state index is -0.468. The van der Waals surface area contributed by atoms with E-state index in [0.29, 0.717) is 22.0 Å². The molecule has 0 spiro atoms. The van der Waals surface area contributed by atoms with Crippen molar-refractivity contribution in [2.24, 2.45) is 5.73 Å². The number of carbonyl (C=O) groups is 1. The number of amides is 1. The molecule has 17 heavy (non-hydrogen) atoms. The molecule has 0 unspecified atom stereocenters. The number of hydrogen-bond acceptors (Lipinski definition) is 6. The predicted octanol–water partition coefficient (Wildman–Crippen LogP) is 0.798. The molecule has 1 aromatic carbocycles. The zero-order valence-corrected chi connectivity index (χ0v) is 9.61. The number of primary amides is 1. The number of carbonyl (C=O) groups excluding carboxylic acids is 1. The molecule has 0 bridgehead atoms. The van der Waals surface area contributed by atoms with Crippen LogP contribution in [0.15, 0.2) is 24.3 Å². The Morgan fingerprint density at radius 1 is 1.35 bits per heavy atom. The van der Waals surface area contributed by atoms with Gasteiger partial charge in [-0.2, -0.15) is 0 Å². The maximum atomic E-state index is 10.8. The Morgan fingerprint density at radius 2 is 2.06 bits per heavy atom. The van der Waals surface area contributed by atoms with Gasteiger partial charge in [0.2, 0.25) is 5.91 Å². The maximum Gasteiger partial charge on any atom is 0.248 e. The molecule has 0 saturated heterocycles. The molecule has 0 saturated carbocycles. The van der Waals surface area contributed by atoms with Crippen LogP contribution < -0.4 is 16.2 Å². The zero-order valence-electron chi connectivity index (χ0n) is 8.79. The van der Waals surface area contributed by atoms with Gasteiger partial charge in [0, 0.05) is 17.1 Å². The van der Waals surface area contributed by atoms with Crippen molar-refractivity contribution in [1.82, 2.24) is 9.59 Å². The minimum Gasteiger partial charge on any atom is -0.487 e. The van der Waals surface area contributed by atoms with Gasteiger partial charge in [-0.15, -0.1) is 5.10 Å². The second-order valence-electron chi connectivity index (χ2n) is 3.26. The largest absolute Gasteiger partial charge is 0.487 e. The lowest BCUT2D eigenvalue weighted by Gasteiger charge is -2.04. The highest BCUT2D eigenvalue weighted by molar-refractivity contribution is 7.09. The molecule has 0 fully saturated rings. The van der Waals surface area contributed by atoms with E-state index in [1.807, 2.05) is 0 Å². The summed E-state index contributed by atoms with van der Waals surface area (Å²) in [5, 5.41) is 4.36. The highest BCUT2D eigenvalue weighted by Gasteiger charge is 2.05. The van der Waals surface area contributed by atoms with Gasteiger partial charge >= 0.3 is 0 Å². The smallest absolute Gasteiger partial charge is 0.248 e.